The smallest absolute Gasteiger partial charge is 0.253 e. The number of amides is 2. The van der Waals surface area contributed by atoms with Crippen molar-refractivity contribution in [1.29, 1.82) is 0 Å². The maximum Gasteiger partial charge on any atom is 0.253 e. The summed E-state index contributed by atoms with van der Waals surface area (Å²) >= 11 is 0. The average molecular weight is 380 g/mol. The lowest BCUT2D eigenvalue weighted by Crippen LogP contribution is -2.51. The summed E-state index contributed by atoms with van der Waals surface area (Å²) in [6.45, 7) is 4.08. The van der Waals surface area contributed by atoms with Gasteiger partial charge in [0, 0.05) is 37.9 Å². The minimum Gasteiger partial charge on any atom is -0.338 e. The Labute approximate surface area is 161 Å². The molecule has 144 valence electrons. The van der Waals surface area contributed by atoms with E-state index in [1.807, 2.05) is 37.4 Å². The Hall–Kier alpha value is -3.56. The van der Waals surface area contributed by atoms with Gasteiger partial charge in [-0.25, -0.2) is 9.36 Å². The van der Waals surface area contributed by atoms with E-state index in [4.69, 9.17) is 0 Å². The van der Waals surface area contributed by atoms with E-state index in [1.54, 1.807) is 20.7 Å². The van der Waals surface area contributed by atoms with Gasteiger partial charge in [0.25, 0.3) is 5.91 Å². The number of aromatic nitrogens is 6. The number of rotatable bonds is 4. The predicted molar refractivity (Wildman–Crippen MR) is 98.6 cm³/mol. The molecule has 28 heavy (non-hydrogen) atoms. The first-order valence-corrected chi connectivity index (χ1v) is 9.00. The number of hydrogen-bond acceptors (Lipinski definition) is 6. The number of hydrogen-bond donors (Lipinski definition) is 0. The first-order valence-electron chi connectivity index (χ1n) is 9.00. The molecule has 0 spiro atoms. The van der Waals surface area contributed by atoms with Gasteiger partial charge in [0.2, 0.25) is 5.91 Å². The van der Waals surface area contributed by atoms with Crippen molar-refractivity contribution in [2.75, 3.05) is 26.2 Å². The Bertz CT molecular complexity index is 956. The molecule has 1 aliphatic heterocycles. The molecule has 10 nitrogen and oxygen atoms in total. The summed E-state index contributed by atoms with van der Waals surface area (Å²) in [7, 11) is 0. The minimum absolute atomic E-state index is 0.0317. The van der Waals surface area contributed by atoms with Crippen LogP contribution in [0.25, 0.3) is 5.69 Å². The van der Waals surface area contributed by atoms with Crippen LogP contribution in [0, 0.1) is 6.92 Å². The average Bonchev–Trinajstić information content (AvgIpc) is 3.39. The van der Waals surface area contributed by atoms with E-state index in [-0.39, 0.29) is 18.4 Å². The minimum atomic E-state index is -0.0572. The number of tetrazole rings is 1. The zero-order valence-corrected chi connectivity index (χ0v) is 15.5. The summed E-state index contributed by atoms with van der Waals surface area (Å²) in [6.07, 6.45) is 5.13. The summed E-state index contributed by atoms with van der Waals surface area (Å²) in [5, 5.41) is 15.0. The van der Waals surface area contributed by atoms with Crippen LogP contribution >= 0.6 is 0 Å². The van der Waals surface area contributed by atoms with Gasteiger partial charge in [-0.3, -0.25) is 9.59 Å². The highest BCUT2D eigenvalue weighted by Gasteiger charge is 2.25. The van der Waals surface area contributed by atoms with Gasteiger partial charge < -0.3 is 9.80 Å². The summed E-state index contributed by atoms with van der Waals surface area (Å²) in [4.78, 5) is 28.5. The van der Waals surface area contributed by atoms with Gasteiger partial charge in [-0.1, -0.05) is 0 Å². The number of benzene rings is 1. The standard InChI is InChI=1S/C18H20N8O2/c1-14-10-20-26(11-14)16-4-2-15(3-5-16)18(28)24-8-6-23(7-9-24)17(27)12-25-13-19-21-22-25/h2-5,10-11,13H,6-9,12H2,1H3. The van der Waals surface area contributed by atoms with Crippen LogP contribution in [0.3, 0.4) is 0 Å². The second-order valence-corrected chi connectivity index (χ2v) is 6.69. The van der Waals surface area contributed by atoms with Crippen LogP contribution in [0.1, 0.15) is 15.9 Å². The predicted octanol–water partition coefficient (Wildman–Crippen LogP) is 0.152. The van der Waals surface area contributed by atoms with Gasteiger partial charge in [-0.15, -0.1) is 5.10 Å². The summed E-state index contributed by atoms with van der Waals surface area (Å²) in [6, 6.07) is 7.38. The lowest BCUT2D eigenvalue weighted by atomic mass is 10.1. The monoisotopic (exact) mass is 380 g/mol. The van der Waals surface area contributed by atoms with Gasteiger partial charge in [0.1, 0.15) is 12.9 Å². The second-order valence-electron chi connectivity index (χ2n) is 6.69. The third-order valence-corrected chi connectivity index (χ3v) is 4.70. The van der Waals surface area contributed by atoms with E-state index in [1.165, 1.54) is 11.0 Å². The lowest BCUT2D eigenvalue weighted by molar-refractivity contribution is -0.133. The molecule has 1 aromatic carbocycles. The molecule has 3 heterocycles. The first-order chi connectivity index (χ1) is 13.6. The van der Waals surface area contributed by atoms with Crippen LogP contribution in [-0.4, -0.2) is 77.8 Å². The van der Waals surface area contributed by atoms with Crippen LogP contribution in [0.5, 0.6) is 0 Å². The molecular weight excluding hydrogens is 360 g/mol. The number of piperazine rings is 1. The third kappa shape index (κ3) is 3.75. The Kier molecular flexibility index (Phi) is 4.83. The summed E-state index contributed by atoms with van der Waals surface area (Å²) in [5.41, 5.74) is 2.61. The van der Waals surface area contributed by atoms with E-state index in [0.717, 1.165) is 11.3 Å². The van der Waals surface area contributed by atoms with Crippen molar-refractivity contribution in [2.45, 2.75) is 13.5 Å². The van der Waals surface area contributed by atoms with E-state index in [0.29, 0.717) is 31.7 Å². The fourth-order valence-electron chi connectivity index (χ4n) is 3.14. The number of nitrogens with zero attached hydrogens (tertiary/aromatic N) is 8. The third-order valence-electron chi connectivity index (χ3n) is 4.70. The molecule has 0 unspecified atom stereocenters. The molecule has 10 heteroatoms. The molecule has 0 N–H and O–H groups in total. The molecule has 1 saturated heterocycles. The first kappa shape index (κ1) is 17.8. The van der Waals surface area contributed by atoms with Gasteiger partial charge in [0.05, 0.1) is 11.9 Å². The molecule has 1 aliphatic rings. The normalized spacial score (nSPS) is 14.3. The highest BCUT2D eigenvalue weighted by molar-refractivity contribution is 5.94. The molecule has 3 aromatic rings. The molecule has 0 aliphatic carbocycles. The van der Waals surface area contributed by atoms with E-state index < -0.39 is 0 Å². The maximum absolute atomic E-state index is 12.8. The Morgan fingerprint density at radius 1 is 1.04 bits per heavy atom. The number of aryl methyl sites for hydroxylation is 1. The molecule has 4 rings (SSSR count). The van der Waals surface area contributed by atoms with Gasteiger partial charge in [-0.05, 0) is 47.2 Å². The van der Waals surface area contributed by atoms with Crippen molar-refractivity contribution in [3.8, 4) is 5.69 Å². The van der Waals surface area contributed by atoms with E-state index in [2.05, 4.69) is 20.6 Å². The molecule has 0 saturated carbocycles. The Balaban J connectivity index is 1.34. The number of carbonyl (C=O) groups is 2. The van der Waals surface area contributed by atoms with E-state index in [9.17, 15) is 9.59 Å². The van der Waals surface area contributed by atoms with Crippen molar-refractivity contribution in [3.05, 3.63) is 54.1 Å². The van der Waals surface area contributed by atoms with Crippen molar-refractivity contribution in [1.82, 2.24) is 39.8 Å². The van der Waals surface area contributed by atoms with Crippen LogP contribution < -0.4 is 0 Å². The molecule has 0 radical (unpaired) electrons. The molecule has 0 atom stereocenters. The second kappa shape index (κ2) is 7.59. The van der Waals surface area contributed by atoms with Crippen molar-refractivity contribution >= 4 is 11.8 Å². The molecule has 0 bridgehead atoms. The fourth-order valence-corrected chi connectivity index (χ4v) is 3.14. The Morgan fingerprint density at radius 3 is 2.36 bits per heavy atom. The molecule has 2 aromatic heterocycles. The summed E-state index contributed by atoms with van der Waals surface area (Å²) in [5.74, 6) is -0.0889. The van der Waals surface area contributed by atoms with Crippen LogP contribution in [0.2, 0.25) is 0 Å². The maximum atomic E-state index is 12.8. The zero-order valence-electron chi connectivity index (χ0n) is 15.5. The lowest BCUT2D eigenvalue weighted by Gasteiger charge is -2.34. The molecule has 1 fully saturated rings. The van der Waals surface area contributed by atoms with Gasteiger partial charge in [0.15, 0.2) is 0 Å². The largest absolute Gasteiger partial charge is 0.338 e. The number of carbonyl (C=O) groups excluding carboxylic acids is 2. The van der Waals surface area contributed by atoms with Crippen molar-refractivity contribution < 1.29 is 9.59 Å². The van der Waals surface area contributed by atoms with Crippen molar-refractivity contribution in [2.24, 2.45) is 0 Å². The van der Waals surface area contributed by atoms with Gasteiger partial charge in [-0.2, -0.15) is 5.10 Å². The highest BCUT2D eigenvalue weighted by atomic mass is 16.2. The van der Waals surface area contributed by atoms with Gasteiger partial charge >= 0.3 is 0 Å². The zero-order chi connectivity index (χ0) is 19.5. The Morgan fingerprint density at radius 2 is 1.75 bits per heavy atom. The fraction of sp³-hybridized carbons (Fsp3) is 0.333. The highest BCUT2D eigenvalue weighted by Crippen LogP contribution is 2.13. The molecular formula is C18H20N8O2. The topological polar surface area (TPSA) is 102 Å². The molecule has 2 amide bonds. The van der Waals surface area contributed by atoms with Crippen LogP contribution in [0.15, 0.2) is 43.0 Å². The van der Waals surface area contributed by atoms with Crippen molar-refractivity contribution in [3.63, 3.8) is 0 Å². The summed E-state index contributed by atoms with van der Waals surface area (Å²) < 4.78 is 3.17. The van der Waals surface area contributed by atoms with E-state index >= 15 is 0 Å². The quantitative estimate of drug-likeness (QED) is 0.639. The van der Waals surface area contributed by atoms with Crippen LogP contribution in [0.4, 0.5) is 0 Å². The SMILES string of the molecule is Cc1cnn(-c2ccc(C(=O)N3CCN(C(=O)Cn4cnnn4)CC3)cc2)c1. The van der Waals surface area contributed by atoms with Crippen LogP contribution in [-0.2, 0) is 11.3 Å².